The first-order valence-electron chi connectivity index (χ1n) is 7.07. The van der Waals surface area contributed by atoms with E-state index < -0.39 is 0 Å². The Hall–Kier alpha value is -0.240. The fourth-order valence-electron chi connectivity index (χ4n) is 2.30. The fraction of sp³-hybridized carbons (Fsp3) is 0.800. The summed E-state index contributed by atoms with van der Waals surface area (Å²) >= 11 is 1.91. The molecular weight excluding hydrogens is 228 g/mol. The van der Waals surface area contributed by atoms with Crippen molar-refractivity contribution < 1.29 is 4.79 Å². The lowest BCUT2D eigenvalue weighted by atomic mass is 10.0. The zero-order chi connectivity index (χ0) is 12.3. The minimum absolute atomic E-state index is 0.458. The van der Waals surface area contributed by atoms with E-state index in [1.54, 1.807) is 0 Å². The zero-order valence-corrected chi connectivity index (χ0v) is 11.8. The highest BCUT2D eigenvalue weighted by atomic mass is 32.2. The number of carbonyl (C=O) groups excluding carboxylic acids is 1. The van der Waals surface area contributed by atoms with Crippen LogP contribution in [-0.4, -0.2) is 16.8 Å². The predicted molar refractivity (Wildman–Crippen MR) is 77.6 cm³/mol. The third-order valence-electron chi connectivity index (χ3n) is 3.40. The Morgan fingerprint density at radius 3 is 2.65 bits per heavy atom. The molecule has 1 rings (SSSR count). The molecule has 0 aliphatic heterocycles. The molecule has 1 aliphatic carbocycles. The van der Waals surface area contributed by atoms with Gasteiger partial charge in [-0.15, -0.1) is 6.58 Å². The van der Waals surface area contributed by atoms with Gasteiger partial charge in [0.1, 0.15) is 5.78 Å². The van der Waals surface area contributed by atoms with Crippen molar-refractivity contribution in [1.29, 1.82) is 0 Å². The number of hydrogen-bond donors (Lipinski definition) is 0. The molecule has 98 valence electrons. The molecule has 0 bridgehead atoms. The summed E-state index contributed by atoms with van der Waals surface area (Å²) in [6, 6.07) is 0. The van der Waals surface area contributed by atoms with Gasteiger partial charge in [0, 0.05) is 11.7 Å². The molecule has 0 heterocycles. The predicted octanol–water partition coefficient (Wildman–Crippen LogP) is 4.76. The van der Waals surface area contributed by atoms with Gasteiger partial charge in [0.05, 0.1) is 5.75 Å². The van der Waals surface area contributed by atoms with Gasteiger partial charge >= 0.3 is 0 Å². The van der Waals surface area contributed by atoms with Crippen molar-refractivity contribution in [2.45, 2.75) is 69.5 Å². The van der Waals surface area contributed by atoms with Gasteiger partial charge in [0.2, 0.25) is 0 Å². The molecular formula is C15H26OS. The minimum Gasteiger partial charge on any atom is -0.299 e. The number of hydrogen-bond acceptors (Lipinski definition) is 2. The molecule has 1 aliphatic rings. The SMILES string of the molecule is C=CCCCCCC(=O)CSC1CCCCC1. The van der Waals surface area contributed by atoms with E-state index in [4.69, 9.17) is 0 Å². The molecule has 0 saturated heterocycles. The maximum atomic E-state index is 11.7. The van der Waals surface area contributed by atoms with Crippen LogP contribution in [0.2, 0.25) is 0 Å². The van der Waals surface area contributed by atoms with E-state index in [1.807, 2.05) is 17.8 Å². The molecule has 1 fully saturated rings. The number of Topliss-reactive ketones (excluding diaryl/α,β-unsaturated/α-hetero) is 1. The van der Waals surface area contributed by atoms with Crippen LogP contribution in [0.25, 0.3) is 0 Å². The summed E-state index contributed by atoms with van der Waals surface area (Å²) < 4.78 is 0. The second-order valence-corrected chi connectivity index (χ2v) is 6.29. The van der Waals surface area contributed by atoms with Crippen LogP contribution in [0.1, 0.15) is 64.2 Å². The third-order valence-corrected chi connectivity index (χ3v) is 4.83. The van der Waals surface area contributed by atoms with Crippen LogP contribution < -0.4 is 0 Å². The largest absolute Gasteiger partial charge is 0.299 e. The van der Waals surface area contributed by atoms with Crippen LogP contribution in [0, 0.1) is 0 Å². The van der Waals surface area contributed by atoms with Crippen molar-refractivity contribution >= 4 is 17.5 Å². The highest BCUT2D eigenvalue weighted by molar-refractivity contribution is 8.00. The van der Waals surface area contributed by atoms with Gasteiger partial charge in [-0.2, -0.15) is 11.8 Å². The molecule has 17 heavy (non-hydrogen) atoms. The summed E-state index contributed by atoms with van der Waals surface area (Å²) in [6.45, 7) is 3.70. The van der Waals surface area contributed by atoms with Gasteiger partial charge in [-0.25, -0.2) is 0 Å². The maximum Gasteiger partial charge on any atom is 0.142 e. The van der Waals surface area contributed by atoms with Crippen molar-refractivity contribution in [2.24, 2.45) is 0 Å². The van der Waals surface area contributed by atoms with E-state index in [2.05, 4.69) is 6.58 Å². The summed E-state index contributed by atoms with van der Waals surface area (Å²) in [7, 11) is 0. The molecule has 0 unspecified atom stereocenters. The summed E-state index contributed by atoms with van der Waals surface area (Å²) in [5.74, 6) is 1.21. The van der Waals surface area contributed by atoms with Gasteiger partial charge < -0.3 is 0 Å². The third kappa shape index (κ3) is 7.64. The van der Waals surface area contributed by atoms with E-state index in [0.29, 0.717) is 5.78 Å². The van der Waals surface area contributed by atoms with E-state index in [0.717, 1.165) is 30.3 Å². The monoisotopic (exact) mass is 254 g/mol. The molecule has 0 N–H and O–H groups in total. The van der Waals surface area contributed by atoms with E-state index in [-0.39, 0.29) is 0 Å². The van der Waals surface area contributed by atoms with Crippen LogP contribution in [-0.2, 0) is 4.79 Å². The Labute approximate surface area is 110 Å². The lowest BCUT2D eigenvalue weighted by Gasteiger charge is -2.20. The number of carbonyl (C=O) groups is 1. The summed E-state index contributed by atoms with van der Waals surface area (Å²) in [6.07, 6.45) is 14.1. The minimum atomic E-state index is 0.458. The Morgan fingerprint density at radius 2 is 1.94 bits per heavy atom. The average molecular weight is 254 g/mol. The molecule has 0 spiro atoms. The number of unbranched alkanes of at least 4 members (excludes halogenated alkanes) is 3. The summed E-state index contributed by atoms with van der Waals surface area (Å²) in [4.78, 5) is 11.7. The van der Waals surface area contributed by atoms with Gasteiger partial charge in [0.25, 0.3) is 0 Å². The summed E-state index contributed by atoms with van der Waals surface area (Å²) in [5.41, 5.74) is 0. The topological polar surface area (TPSA) is 17.1 Å². The van der Waals surface area contributed by atoms with Crippen molar-refractivity contribution in [3.63, 3.8) is 0 Å². The van der Waals surface area contributed by atoms with Crippen LogP contribution >= 0.6 is 11.8 Å². The lowest BCUT2D eigenvalue weighted by Crippen LogP contribution is -2.12. The smallest absolute Gasteiger partial charge is 0.142 e. The van der Waals surface area contributed by atoms with E-state index in [1.165, 1.54) is 44.9 Å². The van der Waals surface area contributed by atoms with E-state index in [9.17, 15) is 4.79 Å². The number of thioether (sulfide) groups is 1. The second kappa shape index (κ2) is 9.76. The normalized spacial score (nSPS) is 16.9. The van der Waals surface area contributed by atoms with Crippen molar-refractivity contribution in [1.82, 2.24) is 0 Å². The standard InChI is InChI=1S/C15H26OS/c1-2-3-4-5-7-10-14(16)13-17-15-11-8-6-9-12-15/h2,15H,1,3-13H2. The van der Waals surface area contributed by atoms with Crippen LogP contribution in [0.4, 0.5) is 0 Å². The first-order chi connectivity index (χ1) is 8.33. The van der Waals surface area contributed by atoms with Gasteiger partial charge in [-0.05, 0) is 32.1 Å². The Bertz CT molecular complexity index is 219. The van der Waals surface area contributed by atoms with Crippen molar-refractivity contribution in [2.75, 3.05) is 5.75 Å². The molecule has 0 aromatic carbocycles. The van der Waals surface area contributed by atoms with E-state index >= 15 is 0 Å². The first-order valence-corrected chi connectivity index (χ1v) is 8.12. The molecule has 0 aromatic heterocycles. The molecule has 1 saturated carbocycles. The Morgan fingerprint density at radius 1 is 1.18 bits per heavy atom. The Kier molecular flexibility index (Phi) is 8.50. The molecule has 2 heteroatoms. The van der Waals surface area contributed by atoms with Gasteiger partial charge in [-0.3, -0.25) is 4.79 Å². The highest BCUT2D eigenvalue weighted by Crippen LogP contribution is 2.28. The Balaban J connectivity index is 1.94. The van der Waals surface area contributed by atoms with Crippen LogP contribution in [0.5, 0.6) is 0 Å². The molecule has 0 atom stereocenters. The van der Waals surface area contributed by atoms with Crippen molar-refractivity contribution in [3.8, 4) is 0 Å². The summed E-state index contributed by atoms with van der Waals surface area (Å²) in [5, 5.41) is 0.772. The first kappa shape index (κ1) is 14.8. The average Bonchev–Trinajstić information content (AvgIpc) is 2.37. The van der Waals surface area contributed by atoms with Crippen molar-refractivity contribution in [3.05, 3.63) is 12.7 Å². The number of rotatable bonds is 9. The number of allylic oxidation sites excluding steroid dienone is 1. The lowest BCUT2D eigenvalue weighted by molar-refractivity contribution is -0.116. The quantitative estimate of drug-likeness (QED) is 0.436. The molecule has 0 amide bonds. The second-order valence-electron chi connectivity index (χ2n) is 5.00. The zero-order valence-electron chi connectivity index (χ0n) is 11.0. The molecule has 1 nitrogen and oxygen atoms in total. The fourth-order valence-corrected chi connectivity index (χ4v) is 3.53. The van der Waals surface area contributed by atoms with Crippen LogP contribution in [0.15, 0.2) is 12.7 Å². The molecule has 0 radical (unpaired) electrons. The van der Waals surface area contributed by atoms with Gasteiger partial charge in [-0.1, -0.05) is 31.8 Å². The van der Waals surface area contributed by atoms with Gasteiger partial charge in [0.15, 0.2) is 0 Å². The maximum absolute atomic E-state index is 11.7. The van der Waals surface area contributed by atoms with Crippen LogP contribution in [0.3, 0.4) is 0 Å². The molecule has 0 aromatic rings. The highest BCUT2D eigenvalue weighted by Gasteiger charge is 2.14. The number of ketones is 1.